The second kappa shape index (κ2) is 12.2. The molecular weight excluding hydrogens is 355 g/mol. The molecule has 5 atom stereocenters. The van der Waals surface area contributed by atoms with E-state index in [1.807, 2.05) is 6.92 Å². The highest BCUT2D eigenvalue weighted by atomic mass is 31.2. The van der Waals surface area contributed by atoms with Crippen LogP contribution in [0.2, 0.25) is 0 Å². The van der Waals surface area contributed by atoms with Crippen LogP contribution in [0.5, 0.6) is 0 Å². The molecule has 1 aliphatic rings. The van der Waals surface area contributed by atoms with E-state index in [2.05, 4.69) is 37.2 Å². The smallest absolute Gasteiger partial charge is 0.259 e. The first-order valence-electron chi connectivity index (χ1n) is 9.84. The molecule has 26 heavy (non-hydrogen) atoms. The Bertz CT molecular complexity index is 444. The zero-order valence-corrected chi connectivity index (χ0v) is 17.8. The minimum absolute atomic E-state index is 0.0910. The molecule has 0 radical (unpaired) electrons. The molecule has 1 heterocycles. The first kappa shape index (κ1) is 22.0. The summed E-state index contributed by atoms with van der Waals surface area (Å²) < 4.78 is 39.4. The van der Waals surface area contributed by atoms with E-state index in [0.717, 1.165) is 0 Å². The quantitative estimate of drug-likeness (QED) is 0.288. The third-order valence-corrected chi connectivity index (χ3v) is 6.13. The molecule has 0 aromatic carbocycles. The predicted molar refractivity (Wildman–Crippen MR) is 103 cm³/mol. The van der Waals surface area contributed by atoms with Gasteiger partial charge in [0, 0.05) is 20.6 Å². The molecule has 0 aromatic rings. The second-order valence-electron chi connectivity index (χ2n) is 6.80. The fourth-order valence-electron chi connectivity index (χ4n) is 2.93. The zero-order chi connectivity index (χ0) is 20.4. The third kappa shape index (κ3) is 7.01. The first-order chi connectivity index (χ1) is 12.9. The summed E-state index contributed by atoms with van der Waals surface area (Å²) in [5.41, 5.74) is 0. The van der Waals surface area contributed by atoms with Gasteiger partial charge in [-0.15, -0.1) is 0 Å². The first-order valence-corrected chi connectivity index (χ1v) is 10.3. The summed E-state index contributed by atoms with van der Waals surface area (Å²) in [6.45, 7) is 18.9. The monoisotopic (exact) mass is 391 g/mol. The normalized spacial score (nSPS) is 27.9. The molecule has 152 valence electrons. The highest BCUT2D eigenvalue weighted by Gasteiger charge is 2.45. The van der Waals surface area contributed by atoms with E-state index in [1.165, 1.54) is 0 Å². The average molecular weight is 391 g/mol. The van der Waals surface area contributed by atoms with E-state index in [-0.39, 0.29) is 37.3 Å². The molecule has 1 saturated heterocycles. The van der Waals surface area contributed by atoms with Crippen LogP contribution >= 0.6 is 8.53 Å². The lowest BCUT2D eigenvalue weighted by Gasteiger charge is -2.37. The van der Waals surface area contributed by atoms with Gasteiger partial charge in [-0.25, -0.2) is 11.2 Å². The van der Waals surface area contributed by atoms with Crippen molar-refractivity contribution in [2.45, 2.75) is 78.0 Å². The number of ether oxygens (including phenoxy) is 3. The Kier molecular flexibility index (Phi) is 10.3. The lowest BCUT2D eigenvalue weighted by molar-refractivity contribution is -0.0446. The molecule has 2 unspecified atom stereocenters. The third-order valence-electron chi connectivity index (χ3n) is 4.00. The summed E-state index contributed by atoms with van der Waals surface area (Å²) >= 11 is 0. The fourth-order valence-corrected chi connectivity index (χ4v) is 4.69. The molecule has 0 saturated carbocycles. The predicted octanol–water partition coefficient (Wildman–Crippen LogP) is 3.49. The van der Waals surface area contributed by atoms with Crippen LogP contribution < -0.4 is 0 Å². The molecule has 0 spiro atoms. The average Bonchev–Trinajstić information content (AvgIpc) is 2.90. The summed E-state index contributed by atoms with van der Waals surface area (Å²) in [5.74, 6) is 0. The maximum absolute atomic E-state index is 7.84. The molecule has 7 nitrogen and oxygen atoms in total. The van der Waals surface area contributed by atoms with Gasteiger partial charge in [0.05, 0.1) is 25.4 Å². The lowest BCUT2D eigenvalue weighted by Crippen LogP contribution is -2.40. The number of methoxy groups -OCH3 is 1. The topological polar surface area (TPSA) is 53.8 Å². The van der Waals surface area contributed by atoms with Gasteiger partial charge in [-0.2, -0.15) is 0 Å². The Hall–Kier alpha value is -0.320. The van der Waals surface area contributed by atoms with E-state index in [4.69, 9.17) is 31.2 Å². The van der Waals surface area contributed by atoms with Crippen LogP contribution in [0.1, 0.15) is 42.9 Å². The largest absolute Gasteiger partial charge is 0.382 e. The Morgan fingerprint density at radius 2 is 1.85 bits per heavy atom. The highest BCUT2D eigenvalue weighted by molar-refractivity contribution is 7.44. The maximum atomic E-state index is 7.84. The van der Waals surface area contributed by atoms with Crippen molar-refractivity contribution >= 4 is 8.53 Å². The number of rotatable bonds is 12. The van der Waals surface area contributed by atoms with Crippen molar-refractivity contribution in [1.82, 2.24) is 4.67 Å². The van der Waals surface area contributed by atoms with E-state index in [9.17, 15) is 0 Å². The Morgan fingerprint density at radius 1 is 1.15 bits per heavy atom. The van der Waals surface area contributed by atoms with Gasteiger partial charge in [-0.1, -0.05) is 0 Å². The molecule has 0 N–H and O–H groups in total. The molecule has 1 aliphatic heterocycles. The Labute approximate surface area is 161 Å². The molecular formula is C18H35N2O5P. The molecule has 1 fully saturated rings. The molecule has 0 amide bonds. The van der Waals surface area contributed by atoms with Crippen LogP contribution in [0.4, 0.5) is 0 Å². The van der Waals surface area contributed by atoms with E-state index in [0.29, 0.717) is 26.4 Å². The number of hydrogen-bond donors (Lipinski definition) is 0. The van der Waals surface area contributed by atoms with Gasteiger partial charge in [0.25, 0.3) is 8.53 Å². The van der Waals surface area contributed by atoms with Gasteiger partial charge in [-0.3, -0.25) is 0 Å². The van der Waals surface area contributed by atoms with Crippen molar-refractivity contribution in [3.8, 4) is 0 Å². The van der Waals surface area contributed by atoms with Gasteiger partial charge in [0.1, 0.15) is 18.8 Å². The highest BCUT2D eigenvalue weighted by Crippen LogP contribution is 2.49. The number of nitrogens with zero attached hydrogens (tertiary/aromatic N) is 2. The Balaban J connectivity index is 2.96. The van der Waals surface area contributed by atoms with Crippen molar-refractivity contribution in [2.24, 2.45) is 0 Å². The lowest BCUT2D eigenvalue weighted by atomic mass is 10.1. The van der Waals surface area contributed by atoms with E-state index < -0.39 is 14.6 Å². The van der Waals surface area contributed by atoms with Gasteiger partial charge in [0.15, 0.2) is 0 Å². The molecule has 0 aromatic heterocycles. The van der Waals surface area contributed by atoms with Gasteiger partial charge < -0.3 is 28.1 Å². The van der Waals surface area contributed by atoms with Gasteiger partial charge in [-0.05, 0) is 41.5 Å². The Morgan fingerprint density at radius 3 is 2.38 bits per heavy atom. The maximum Gasteiger partial charge on any atom is 0.259 e. The molecule has 1 rings (SSSR count). The SMILES string of the molecule is [2H]C[C@H]1O[C@@H](C)C(OCCOC)[C@H]1OP(OCC[N+]#[C-])N(C(C)C)C(C)C. The van der Waals surface area contributed by atoms with Crippen LogP contribution in [-0.2, 0) is 23.3 Å². The van der Waals surface area contributed by atoms with Crippen molar-refractivity contribution in [3.63, 3.8) is 0 Å². The second-order valence-corrected chi connectivity index (χ2v) is 8.20. The minimum Gasteiger partial charge on any atom is -0.382 e. The van der Waals surface area contributed by atoms with Crippen LogP contribution in [-0.4, -0.2) is 74.6 Å². The number of hydrogen-bond acceptors (Lipinski definition) is 6. The van der Waals surface area contributed by atoms with Crippen molar-refractivity contribution in [2.75, 3.05) is 33.5 Å². The summed E-state index contributed by atoms with van der Waals surface area (Å²) in [7, 11) is 0.224. The van der Waals surface area contributed by atoms with Crippen LogP contribution in [0.3, 0.4) is 0 Å². The van der Waals surface area contributed by atoms with Crippen LogP contribution in [0.25, 0.3) is 4.85 Å². The van der Waals surface area contributed by atoms with Crippen molar-refractivity contribution in [1.29, 1.82) is 0 Å². The van der Waals surface area contributed by atoms with E-state index >= 15 is 0 Å². The summed E-state index contributed by atoms with van der Waals surface area (Å²) in [5, 5.41) is 0. The van der Waals surface area contributed by atoms with Crippen LogP contribution in [0, 0.1) is 6.57 Å². The summed E-state index contributed by atoms with van der Waals surface area (Å²) in [4.78, 5) is 3.36. The van der Waals surface area contributed by atoms with Gasteiger partial charge in [0.2, 0.25) is 6.54 Å². The molecule has 8 heteroatoms. The van der Waals surface area contributed by atoms with Crippen LogP contribution in [0.15, 0.2) is 0 Å². The molecule has 0 aliphatic carbocycles. The summed E-state index contributed by atoms with van der Waals surface area (Å²) in [6.07, 6.45) is -1.23. The summed E-state index contributed by atoms with van der Waals surface area (Å²) in [6, 6.07) is 0.428. The van der Waals surface area contributed by atoms with E-state index in [1.54, 1.807) is 7.11 Å². The minimum atomic E-state index is -1.41. The van der Waals surface area contributed by atoms with Crippen molar-refractivity contribution < 1.29 is 24.6 Å². The van der Waals surface area contributed by atoms with Gasteiger partial charge >= 0.3 is 0 Å². The standard InChI is InChI=1S/C18H35N2O5P/c1-13(2)20(14(3)4)26(23-10-9-19-7)25-18-16(6)24-15(5)17(18)22-12-11-21-8/h13-18H,9-12H2,1-6,8H3/t15-,16+,17?,18-,26?/m0/s1/i6D. The fraction of sp³-hybridized carbons (Fsp3) is 0.944. The molecule has 0 bridgehead atoms. The zero-order valence-electron chi connectivity index (χ0n) is 17.9. The van der Waals surface area contributed by atoms with Crippen molar-refractivity contribution in [3.05, 3.63) is 11.4 Å².